The van der Waals surface area contributed by atoms with Crippen LogP contribution in [-0.2, 0) is 0 Å². The van der Waals surface area contributed by atoms with Crippen LogP contribution in [0.4, 0.5) is 0 Å². The van der Waals surface area contributed by atoms with Crippen molar-refractivity contribution in [3.63, 3.8) is 0 Å². The summed E-state index contributed by atoms with van der Waals surface area (Å²) in [5, 5.41) is 8.69. The van der Waals surface area contributed by atoms with Crippen LogP contribution in [0.15, 0.2) is 42.5 Å². The van der Waals surface area contributed by atoms with Gasteiger partial charge in [-0.2, -0.15) is 0 Å². The molecule has 1 amide bonds. The summed E-state index contributed by atoms with van der Waals surface area (Å²) >= 11 is 0. The first-order valence-corrected chi connectivity index (χ1v) is 7.25. The fourth-order valence-corrected chi connectivity index (χ4v) is 2.90. The van der Waals surface area contributed by atoms with E-state index in [1.807, 2.05) is 42.5 Å². The smallest absolute Gasteiger partial charge is 0.252 e. The van der Waals surface area contributed by atoms with E-state index in [-0.39, 0.29) is 24.4 Å². The highest BCUT2D eigenvalue weighted by molar-refractivity contribution is 6.07. The molecule has 0 radical (unpaired) electrons. The van der Waals surface area contributed by atoms with Crippen molar-refractivity contribution in [2.24, 2.45) is 5.92 Å². The summed E-state index contributed by atoms with van der Waals surface area (Å²) in [5.74, 6) is 0.517. The minimum Gasteiger partial charge on any atom is -0.349 e. The first-order chi connectivity index (χ1) is 9.75. The van der Waals surface area contributed by atoms with E-state index in [1.54, 1.807) is 0 Å². The number of nitrogens with one attached hydrogen (secondary N) is 2. The lowest BCUT2D eigenvalue weighted by atomic mass is 9.94. The van der Waals surface area contributed by atoms with Crippen LogP contribution < -0.4 is 10.6 Å². The summed E-state index contributed by atoms with van der Waals surface area (Å²) in [6, 6.07) is 14.2. The SMILES string of the molecule is CC1CNCCC1NC(=O)c1cccc2ccccc12.Cl. The molecule has 1 fully saturated rings. The Morgan fingerprint density at radius 3 is 2.76 bits per heavy atom. The zero-order valence-electron chi connectivity index (χ0n) is 12.1. The number of rotatable bonds is 2. The Balaban J connectivity index is 0.00000161. The van der Waals surface area contributed by atoms with Crippen molar-refractivity contribution in [1.82, 2.24) is 10.6 Å². The second-order valence-electron chi connectivity index (χ2n) is 5.58. The average molecular weight is 305 g/mol. The molecule has 1 heterocycles. The Morgan fingerprint density at radius 1 is 1.19 bits per heavy atom. The lowest BCUT2D eigenvalue weighted by molar-refractivity contribution is 0.0916. The predicted molar refractivity (Wildman–Crippen MR) is 89.1 cm³/mol. The molecule has 0 aromatic heterocycles. The van der Waals surface area contributed by atoms with E-state index in [0.717, 1.165) is 35.8 Å². The molecule has 1 aliphatic rings. The summed E-state index contributed by atoms with van der Waals surface area (Å²) in [5.41, 5.74) is 0.772. The molecule has 2 unspecified atom stereocenters. The highest BCUT2D eigenvalue weighted by Crippen LogP contribution is 2.19. The van der Waals surface area contributed by atoms with Crippen LogP contribution in [0.2, 0.25) is 0 Å². The molecule has 3 nitrogen and oxygen atoms in total. The molecule has 0 spiro atoms. The molecule has 4 heteroatoms. The number of piperidine rings is 1. The zero-order valence-corrected chi connectivity index (χ0v) is 13.0. The normalized spacial score (nSPS) is 21.6. The number of halogens is 1. The standard InChI is InChI=1S/C17H20N2O.ClH/c1-12-11-18-10-9-16(12)19-17(20)15-8-4-6-13-5-2-3-7-14(13)15;/h2-8,12,16,18H,9-11H2,1H3,(H,19,20);1H. The third kappa shape index (κ3) is 3.36. The summed E-state index contributed by atoms with van der Waals surface area (Å²) in [6.45, 7) is 4.13. The Hall–Kier alpha value is -1.58. The highest BCUT2D eigenvalue weighted by Gasteiger charge is 2.23. The number of carbonyl (C=O) groups excluding carboxylic acids is 1. The van der Waals surface area contributed by atoms with Crippen molar-refractivity contribution in [2.75, 3.05) is 13.1 Å². The molecule has 2 N–H and O–H groups in total. The van der Waals surface area contributed by atoms with Gasteiger partial charge in [0.05, 0.1) is 0 Å². The highest BCUT2D eigenvalue weighted by atomic mass is 35.5. The van der Waals surface area contributed by atoms with Gasteiger partial charge < -0.3 is 10.6 Å². The average Bonchev–Trinajstić information content (AvgIpc) is 2.49. The minimum atomic E-state index is 0. The van der Waals surface area contributed by atoms with Crippen LogP contribution in [0.25, 0.3) is 10.8 Å². The lowest BCUT2D eigenvalue weighted by Crippen LogP contribution is -2.48. The second-order valence-corrected chi connectivity index (χ2v) is 5.58. The van der Waals surface area contributed by atoms with Gasteiger partial charge in [-0.1, -0.05) is 43.3 Å². The molecule has 0 bridgehead atoms. The van der Waals surface area contributed by atoms with E-state index in [4.69, 9.17) is 0 Å². The van der Waals surface area contributed by atoms with Crippen LogP contribution in [0.3, 0.4) is 0 Å². The molecule has 0 aliphatic carbocycles. The maximum absolute atomic E-state index is 12.5. The number of fused-ring (bicyclic) bond motifs is 1. The van der Waals surface area contributed by atoms with Crippen LogP contribution >= 0.6 is 12.4 Å². The molecule has 112 valence electrons. The molecule has 2 aromatic rings. The number of amides is 1. The van der Waals surface area contributed by atoms with Gasteiger partial charge in [-0.05, 0) is 42.3 Å². The van der Waals surface area contributed by atoms with E-state index < -0.39 is 0 Å². The van der Waals surface area contributed by atoms with Crippen molar-refractivity contribution in [3.05, 3.63) is 48.0 Å². The van der Waals surface area contributed by atoms with Gasteiger partial charge >= 0.3 is 0 Å². The van der Waals surface area contributed by atoms with Gasteiger partial charge in [0, 0.05) is 11.6 Å². The number of carbonyl (C=O) groups is 1. The fraction of sp³-hybridized carbons (Fsp3) is 0.353. The van der Waals surface area contributed by atoms with Gasteiger partial charge in [0.25, 0.3) is 5.91 Å². The van der Waals surface area contributed by atoms with E-state index in [9.17, 15) is 4.79 Å². The van der Waals surface area contributed by atoms with Gasteiger partial charge in [0.2, 0.25) is 0 Å². The van der Waals surface area contributed by atoms with Crippen molar-refractivity contribution in [2.45, 2.75) is 19.4 Å². The molecule has 2 atom stereocenters. The summed E-state index contributed by atoms with van der Waals surface area (Å²) < 4.78 is 0. The third-order valence-corrected chi connectivity index (χ3v) is 4.14. The first-order valence-electron chi connectivity index (χ1n) is 7.25. The molecule has 1 aliphatic heterocycles. The van der Waals surface area contributed by atoms with E-state index in [2.05, 4.69) is 17.6 Å². The van der Waals surface area contributed by atoms with E-state index in [0.29, 0.717) is 5.92 Å². The van der Waals surface area contributed by atoms with Gasteiger partial charge in [0.15, 0.2) is 0 Å². The molecule has 0 saturated carbocycles. The van der Waals surface area contributed by atoms with Gasteiger partial charge in [-0.3, -0.25) is 4.79 Å². The fourth-order valence-electron chi connectivity index (χ4n) is 2.90. The topological polar surface area (TPSA) is 41.1 Å². The third-order valence-electron chi connectivity index (χ3n) is 4.14. The summed E-state index contributed by atoms with van der Waals surface area (Å²) in [6.07, 6.45) is 0.998. The first kappa shape index (κ1) is 15.8. The molecular formula is C17H21ClN2O. The predicted octanol–water partition coefficient (Wildman–Crippen LogP) is 2.99. The van der Waals surface area contributed by atoms with Crippen molar-refractivity contribution < 1.29 is 4.79 Å². The zero-order chi connectivity index (χ0) is 13.9. The quantitative estimate of drug-likeness (QED) is 0.895. The second kappa shape index (κ2) is 6.92. The molecular weight excluding hydrogens is 284 g/mol. The maximum atomic E-state index is 12.5. The molecule has 2 aromatic carbocycles. The van der Waals surface area contributed by atoms with Gasteiger partial charge in [-0.15, -0.1) is 12.4 Å². The number of hydrogen-bond acceptors (Lipinski definition) is 2. The van der Waals surface area contributed by atoms with Crippen LogP contribution in [0.1, 0.15) is 23.7 Å². The van der Waals surface area contributed by atoms with Crippen LogP contribution in [0, 0.1) is 5.92 Å². The minimum absolute atomic E-state index is 0. The van der Waals surface area contributed by atoms with Gasteiger partial charge in [0.1, 0.15) is 0 Å². The Labute approximate surface area is 131 Å². The molecule has 1 saturated heterocycles. The van der Waals surface area contributed by atoms with Crippen molar-refractivity contribution in [1.29, 1.82) is 0 Å². The van der Waals surface area contributed by atoms with Crippen LogP contribution in [0.5, 0.6) is 0 Å². The maximum Gasteiger partial charge on any atom is 0.252 e. The Morgan fingerprint density at radius 2 is 1.95 bits per heavy atom. The van der Waals surface area contributed by atoms with Crippen LogP contribution in [-0.4, -0.2) is 25.0 Å². The van der Waals surface area contributed by atoms with Gasteiger partial charge in [-0.25, -0.2) is 0 Å². The lowest BCUT2D eigenvalue weighted by Gasteiger charge is -2.30. The number of hydrogen-bond donors (Lipinski definition) is 2. The largest absolute Gasteiger partial charge is 0.349 e. The summed E-state index contributed by atoms with van der Waals surface area (Å²) in [7, 11) is 0. The Kier molecular flexibility index (Phi) is 5.21. The van der Waals surface area contributed by atoms with Crippen molar-refractivity contribution >= 4 is 29.1 Å². The monoisotopic (exact) mass is 304 g/mol. The van der Waals surface area contributed by atoms with Crippen molar-refractivity contribution in [3.8, 4) is 0 Å². The Bertz CT molecular complexity index is 624. The van der Waals surface area contributed by atoms with E-state index in [1.165, 1.54) is 0 Å². The number of benzene rings is 2. The molecule has 3 rings (SSSR count). The summed E-state index contributed by atoms with van der Waals surface area (Å²) in [4.78, 5) is 12.5. The molecule has 21 heavy (non-hydrogen) atoms. The van der Waals surface area contributed by atoms with E-state index >= 15 is 0 Å².